The van der Waals surface area contributed by atoms with Crippen LogP contribution in [0.5, 0.6) is 5.75 Å². The summed E-state index contributed by atoms with van der Waals surface area (Å²) < 4.78 is 10.6. The highest BCUT2D eigenvalue weighted by molar-refractivity contribution is 5.79. The van der Waals surface area contributed by atoms with Crippen LogP contribution in [0.15, 0.2) is 28.8 Å². The first-order chi connectivity index (χ1) is 12.7. The number of ether oxygens (including phenoxy) is 1. The zero-order valence-electron chi connectivity index (χ0n) is 15.0. The van der Waals surface area contributed by atoms with Gasteiger partial charge in [0.1, 0.15) is 5.75 Å². The van der Waals surface area contributed by atoms with Crippen LogP contribution in [0.3, 0.4) is 0 Å². The molecule has 2 heterocycles. The number of amides is 1. The molecule has 2 aliphatic rings. The van der Waals surface area contributed by atoms with E-state index < -0.39 is 0 Å². The van der Waals surface area contributed by atoms with Gasteiger partial charge in [-0.05, 0) is 56.5 Å². The molecule has 1 aliphatic heterocycles. The summed E-state index contributed by atoms with van der Waals surface area (Å²) in [5, 5.41) is 7.19. The average Bonchev–Trinajstić information content (AvgIpc) is 3.37. The number of aromatic nitrogens is 2. The minimum Gasteiger partial charge on any atom is -0.497 e. The van der Waals surface area contributed by atoms with Crippen molar-refractivity contribution in [2.24, 2.45) is 5.92 Å². The van der Waals surface area contributed by atoms with E-state index >= 15 is 0 Å². The van der Waals surface area contributed by atoms with E-state index in [1.807, 2.05) is 24.3 Å². The fourth-order valence-electron chi connectivity index (χ4n) is 3.33. The van der Waals surface area contributed by atoms with Crippen molar-refractivity contribution >= 4 is 5.91 Å². The highest BCUT2D eigenvalue weighted by atomic mass is 16.5. The van der Waals surface area contributed by atoms with E-state index in [-0.39, 0.29) is 11.8 Å². The summed E-state index contributed by atoms with van der Waals surface area (Å²) in [5.74, 6) is 2.21. The molecule has 0 radical (unpaired) electrons. The lowest BCUT2D eigenvalue weighted by atomic mass is 9.97. The number of rotatable bonds is 6. The second-order valence-corrected chi connectivity index (χ2v) is 7.10. The smallest absolute Gasteiger partial charge is 0.241 e. The Bertz CT molecular complexity index is 754. The summed E-state index contributed by atoms with van der Waals surface area (Å²) in [6.45, 7) is 2.28. The normalized spacial score (nSPS) is 20.7. The van der Waals surface area contributed by atoms with Gasteiger partial charge in [-0.15, -0.1) is 0 Å². The van der Waals surface area contributed by atoms with Gasteiger partial charge in [0.2, 0.25) is 17.6 Å². The Labute approximate surface area is 152 Å². The van der Waals surface area contributed by atoms with E-state index in [4.69, 9.17) is 9.26 Å². The van der Waals surface area contributed by atoms with Crippen molar-refractivity contribution in [3.63, 3.8) is 0 Å². The van der Waals surface area contributed by atoms with Gasteiger partial charge in [-0.2, -0.15) is 4.98 Å². The van der Waals surface area contributed by atoms with Crippen LogP contribution >= 0.6 is 0 Å². The lowest BCUT2D eigenvalue weighted by Crippen LogP contribution is -2.43. The predicted molar refractivity (Wildman–Crippen MR) is 95.5 cm³/mol. The van der Waals surface area contributed by atoms with Crippen LogP contribution in [0.4, 0.5) is 0 Å². The first-order valence-electron chi connectivity index (χ1n) is 9.21. The number of likely N-dealkylation sites (tertiary alicyclic amines) is 1. The third-order valence-electron chi connectivity index (χ3n) is 4.98. The second-order valence-electron chi connectivity index (χ2n) is 7.10. The van der Waals surface area contributed by atoms with Gasteiger partial charge in [-0.1, -0.05) is 5.16 Å². The molecule has 26 heavy (non-hydrogen) atoms. The van der Waals surface area contributed by atoms with Crippen LogP contribution in [-0.2, 0) is 11.3 Å². The lowest BCUT2D eigenvalue weighted by molar-refractivity contribution is -0.127. The van der Waals surface area contributed by atoms with Gasteiger partial charge in [-0.3, -0.25) is 9.69 Å². The van der Waals surface area contributed by atoms with Crippen molar-refractivity contribution in [1.82, 2.24) is 20.4 Å². The maximum absolute atomic E-state index is 12.3. The molecule has 1 saturated heterocycles. The molecule has 1 atom stereocenters. The molecule has 4 rings (SSSR count). The summed E-state index contributed by atoms with van der Waals surface area (Å²) in [6.07, 6.45) is 4.22. The topological polar surface area (TPSA) is 80.5 Å². The third-order valence-corrected chi connectivity index (χ3v) is 4.98. The van der Waals surface area contributed by atoms with Crippen molar-refractivity contribution in [3.05, 3.63) is 30.2 Å². The Balaban J connectivity index is 1.36. The van der Waals surface area contributed by atoms with Crippen molar-refractivity contribution in [3.8, 4) is 17.1 Å². The monoisotopic (exact) mass is 356 g/mol. The van der Waals surface area contributed by atoms with Crippen LogP contribution in [0.25, 0.3) is 11.4 Å². The lowest BCUT2D eigenvalue weighted by Gasteiger charge is -2.30. The fourth-order valence-corrected chi connectivity index (χ4v) is 3.33. The Morgan fingerprint density at radius 2 is 2.12 bits per heavy atom. The first-order valence-corrected chi connectivity index (χ1v) is 9.21. The highest BCUT2D eigenvalue weighted by Crippen LogP contribution is 2.24. The minimum atomic E-state index is 0.0633. The number of nitrogens with one attached hydrogen (secondary N) is 1. The summed E-state index contributed by atoms with van der Waals surface area (Å²) in [5.41, 5.74) is 0.890. The molecule has 2 aromatic rings. The molecule has 0 bridgehead atoms. The van der Waals surface area contributed by atoms with Gasteiger partial charge in [0.15, 0.2) is 0 Å². The second kappa shape index (κ2) is 7.45. The van der Waals surface area contributed by atoms with Crippen LogP contribution in [0, 0.1) is 5.92 Å². The van der Waals surface area contributed by atoms with Crippen LogP contribution in [0.1, 0.15) is 31.6 Å². The molecule has 2 fully saturated rings. The molecule has 1 aromatic carbocycles. The van der Waals surface area contributed by atoms with E-state index in [9.17, 15) is 4.79 Å². The van der Waals surface area contributed by atoms with E-state index in [0.717, 1.165) is 50.1 Å². The zero-order chi connectivity index (χ0) is 17.9. The number of hydrogen-bond donors (Lipinski definition) is 1. The molecule has 7 heteroatoms. The predicted octanol–water partition coefficient (Wildman–Crippen LogP) is 2.24. The number of benzene rings is 1. The van der Waals surface area contributed by atoms with Gasteiger partial charge < -0.3 is 14.6 Å². The summed E-state index contributed by atoms with van der Waals surface area (Å²) in [7, 11) is 1.64. The number of carbonyl (C=O) groups is 1. The molecule has 0 spiro atoms. The van der Waals surface area contributed by atoms with E-state index in [1.165, 1.54) is 0 Å². The Hall–Kier alpha value is -2.41. The molecule has 1 unspecified atom stereocenters. The molecular weight excluding hydrogens is 332 g/mol. The molecule has 1 N–H and O–H groups in total. The van der Waals surface area contributed by atoms with Crippen LogP contribution in [-0.4, -0.2) is 47.2 Å². The van der Waals surface area contributed by atoms with Crippen molar-refractivity contribution in [1.29, 1.82) is 0 Å². The van der Waals surface area contributed by atoms with E-state index in [2.05, 4.69) is 20.4 Å². The molecule has 1 aromatic heterocycles. The zero-order valence-corrected chi connectivity index (χ0v) is 15.0. The molecule has 1 amide bonds. The summed E-state index contributed by atoms with van der Waals surface area (Å²) in [4.78, 5) is 19.0. The highest BCUT2D eigenvalue weighted by Gasteiger charge is 2.30. The number of hydrogen-bond acceptors (Lipinski definition) is 6. The number of piperidine rings is 1. The molecule has 1 saturated carbocycles. The number of carbonyl (C=O) groups excluding carboxylic acids is 1. The molecule has 7 nitrogen and oxygen atoms in total. The number of methoxy groups -OCH3 is 1. The van der Waals surface area contributed by atoms with Crippen LogP contribution < -0.4 is 10.1 Å². The van der Waals surface area contributed by atoms with Gasteiger partial charge in [0.25, 0.3) is 0 Å². The number of nitrogens with zero attached hydrogens (tertiary/aromatic N) is 3. The van der Waals surface area contributed by atoms with E-state index in [0.29, 0.717) is 24.3 Å². The standard InChI is InChI=1S/C19H24N4O3/c1-25-16-8-4-13(5-9-16)18-21-17(26-22-18)12-23-10-2-3-14(11-23)19(24)20-15-6-7-15/h4-5,8-9,14-15H,2-3,6-7,10-12H2,1H3,(H,20,24). The van der Waals surface area contributed by atoms with Gasteiger partial charge in [0, 0.05) is 18.2 Å². The SMILES string of the molecule is COc1ccc(-c2noc(CN3CCCC(C(=O)NC4CC4)C3)n2)cc1. The van der Waals surface area contributed by atoms with Gasteiger partial charge in [-0.25, -0.2) is 0 Å². The third kappa shape index (κ3) is 4.04. The van der Waals surface area contributed by atoms with Crippen molar-refractivity contribution < 1.29 is 14.1 Å². The maximum atomic E-state index is 12.3. The van der Waals surface area contributed by atoms with Crippen LogP contribution in [0.2, 0.25) is 0 Å². The summed E-state index contributed by atoms with van der Waals surface area (Å²) >= 11 is 0. The Morgan fingerprint density at radius 1 is 1.31 bits per heavy atom. The molecule has 138 valence electrons. The average molecular weight is 356 g/mol. The molecular formula is C19H24N4O3. The van der Waals surface area contributed by atoms with Gasteiger partial charge >= 0.3 is 0 Å². The van der Waals surface area contributed by atoms with Gasteiger partial charge in [0.05, 0.1) is 19.6 Å². The first kappa shape index (κ1) is 17.0. The molecule has 1 aliphatic carbocycles. The van der Waals surface area contributed by atoms with Crippen molar-refractivity contribution in [2.45, 2.75) is 38.3 Å². The van der Waals surface area contributed by atoms with E-state index in [1.54, 1.807) is 7.11 Å². The Kier molecular flexibility index (Phi) is 4.88. The quantitative estimate of drug-likeness (QED) is 0.855. The summed E-state index contributed by atoms with van der Waals surface area (Å²) in [6, 6.07) is 7.98. The fraction of sp³-hybridized carbons (Fsp3) is 0.526. The Morgan fingerprint density at radius 3 is 2.85 bits per heavy atom. The minimum absolute atomic E-state index is 0.0633. The maximum Gasteiger partial charge on any atom is 0.241 e. The largest absolute Gasteiger partial charge is 0.497 e. The van der Waals surface area contributed by atoms with Crippen molar-refractivity contribution in [2.75, 3.05) is 20.2 Å².